The Balaban J connectivity index is 0.00000392. The zero-order chi connectivity index (χ0) is 19.7. The molecular formula is C20H27ClN2O3S. The number of ketones is 1. The number of esters is 1. The van der Waals surface area contributed by atoms with Crippen LogP contribution in [0.3, 0.4) is 0 Å². The van der Waals surface area contributed by atoms with Crippen molar-refractivity contribution < 1.29 is 15.7 Å². The number of carbonyl (C=O) groups excluding carboxylic acids is 2. The van der Waals surface area contributed by atoms with Crippen molar-refractivity contribution in [2.45, 2.75) is 31.2 Å². The second-order valence-electron chi connectivity index (χ2n) is 6.18. The summed E-state index contributed by atoms with van der Waals surface area (Å²) in [5, 5.41) is 0. The molecule has 4 N–H and O–H groups in total. The third-order valence-electron chi connectivity index (χ3n) is 4.36. The monoisotopic (exact) mass is 411 g/mol. The number of hydrogen-bond donors (Lipinski definition) is 2. The summed E-state index contributed by atoms with van der Waals surface area (Å²) in [6.07, 6.45) is 7.33. The van der Waals surface area contributed by atoms with E-state index in [4.69, 9.17) is 11.9 Å². The van der Waals surface area contributed by atoms with E-state index < -0.39 is 23.5 Å². The van der Waals surface area contributed by atoms with Crippen molar-refractivity contribution in [3.8, 4) is 0 Å². The smallest absolute Gasteiger partial charge is 0.324 e. The maximum Gasteiger partial charge on any atom is 0.324 e. The summed E-state index contributed by atoms with van der Waals surface area (Å²) in [7, 11) is 0. The van der Waals surface area contributed by atoms with E-state index in [2.05, 4.69) is 5.73 Å². The fourth-order valence-electron chi connectivity index (χ4n) is 2.91. The minimum Gasteiger partial charge on any atom is -0.465 e. The summed E-state index contributed by atoms with van der Waals surface area (Å²) in [6.45, 7) is 1.90. The lowest BCUT2D eigenvalue weighted by atomic mass is 9.70. The summed E-state index contributed by atoms with van der Waals surface area (Å²) < 4.78 is 12.7. The number of nitrogens with two attached hydrogens (primary N) is 2. The number of thioether (sulfide) groups is 1. The molecule has 1 aromatic carbocycles. The molecule has 148 valence electrons. The average Bonchev–Trinajstić information content (AvgIpc) is 2.71. The Morgan fingerprint density at radius 2 is 2.07 bits per heavy atom. The number of hydrogen-bond acceptors (Lipinski definition) is 6. The van der Waals surface area contributed by atoms with Gasteiger partial charge in [-0.05, 0) is 18.9 Å². The second-order valence-corrected chi connectivity index (χ2v) is 7.21. The Morgan fingerprint density at radius 1 is 1.33 bits per heavy atom. The molecule has 3 atom stereocenters. The topological polar surface area (TPSA) is 95.4 Å². The second kappa shape index (κ2) is 11.3. The first kappa shape index (κ1) is 21.7. The quantitative estimate of drug-likeness (QED) is 0.574. The molecule has 1 aliphatic rings. The lowest BCUT2D eigenvalue weighted by molar-refractivity contribution is -0.150. The molecule has 0 aliphatic heterocycles. The molecule has 0 saturated heterocycles. The predicted molar refractivity (Wildman–Crippen MR) is 113 cm³/mol. The van der Waals surface area contributed by atoms with Crippen molar-refractivity contribution in [1.82, 2.24) is 0 Å². The highest BCUT2D eigenvalue weighted by Crippen LogP contribution is 2.34. The first-order chi connectivity index (χ1) is 13.0. The van der Waals surface area contributed by atoms with Gasteiger partial charge in [-0.2, -0.15) is 11.8 Å². The number of halogens is 1. The fraction of sp³-hybridized carbons (Fsp3) is 0.400. The first-order valence-corrected chi connectivity index (χ1v) is 9.80. The van der Waals surface area contributed by atoms with Crippen LogP contribution in [-0.4, -0.2) is 36.2 Å². The minimum absolute atomic E-state index is 0. The molecule has 0 aromatic heterocycles. The van der Waals surface area contributed by atoms with Crippen LogP contribution in [0.5, 0.6) is 0 Å². The molecule has 0 amide bonds. The number of rotatable bonds is 10. The molecule has 0 saturated carbocycles. The van der Waals surface area contributed by atoms with E-state index in [0.29, 0.717) is 12.2 Å². The van der Waals surface area contributed by atoms with Crippen molar-refractivity contribution in [2.24, 2.45) is 16.9 Å². The standard InChI is InChI=1S/C20H26N2O3S.ClH/c1-2-25-19(24)17(22)20(11-7-4-8-12-20)18(23)16(21)14-26-13-15-9-5-3-6-10-15;/h3-11,16-17H,2,12-14,21-22H2,1H3;1H/t16-,17?,20?;/m0./s1/i/hD. The van der Waals surface area contributed by atoms with Gasteiger partial charge in [0.05, 0.1) is 18.1 Å². The number of Topliss-reactive ketones (excluding diaryl/α,β-unsaturated/α-hetero) is 1. The first-order valence-electron chi connectivity index (χ1n) is 9.15. The molecule has 5 nitrogen and oxygen atoms in total. The summed E-state index contributed by atoms with van der Waals surface area (Å²) >= 11 is 1.56. The van der Waals surface area contributed by atoms with Gasteiger partial charge in [0.2, 0.25) is 0 Å². The normalized spacial score (nSPS) is 20.9. The van der Waals surface area contributed by atoms with Crippen molar-refractivity contribution >= 4 is 35.9 Å². The van der Waals surface area contributed by atoms with Gasteiger partial charge in [0, 0.05) is 11.5 Å². The highest BCUT2D eigenvalue weighted by Gasteiger charge is 2.47. The third kappa shape index (κ3) is 5.94. The van der Waals surface area contributed by atoms with Gasteiger partial charge < -0.3 is 16.2 Å². The van der Waals surface area contributed by atoms with E-state index in [1.165, 1.54) is 0 Å². The minimum atomic E-state index is -1.20. The van der Waals surface area contributed by atoms with Crippen LogP contribution in [0.15, 0.2) is 54.6 Å². The van der Waals surface area contributed by atoms with Gasteiger partial charge in [-0.3, -0.25) is 9.59 Å². The molecule has 7 heteroatoms. The van der Waals surface area contributed by atoms with E-state index in [-0.39, 0.29) is 24.8 Å². The highest BCUT2D eigenvalue weighted by atomic mass is 35.5. The Morgan fingerprint density at radius 3 is 2.67 bits per heavy atom. The number of benzene rings is 1. The summed E-state index contributed by atoms with van der Waals surface area (Å²) in [6, 6.07) is 8.07. The van der Waals surface area contributed by atoms with Crippen molar-refractivity contribution in [2.75, 3.05) is 12.4 Å². The van der Waals surface area contributed by atoms with Gasteiger partial charge in [0.25, 0.3) is 0 Å². The van der Waals surface area contributed by atoms with Gasteiger partial charge in [0.1, 0.15) is 7.45 Å². The molecule has 1 aliphatic carbocycles. The SMILES string of the molecule is Cl.[2H]N[C@@H](CSCc1ccccc1)C(=O)C1(C(N)C(=O)OCC)C=CC=CC1. The van der Waals surface area contributed by atoms with E-state index in [1.807, 2.05) is 42.5 Å². The van der Waals surface area contributed by atoms with Gasteiger partial charge in [-0.1, -0.05) is 54.6 Å². The Labute approximate surface area is 172 Å². The van der Waals surface area contributed by atoms with Gasteiger partial charge in [-0.25, -0.2) is 0 Å². The Bertz CT molecular complexity index is 702. The highest BCUT2D eigenvalue weighted by molar-refractivity contribution is 7.98. The maximum absolute atomic E-state index is 13.3. The molecule has 0 heterocycles. The van der Waals surface area contributed by atoms with Crippen LogP contribution in [0.2, 0.25) is 1.41 Å². The zero-order valence-corrected chi connectivity index (χ0v) is 16.9. The number of ether oxygens (including phenoxy) is 1. The molecule has 27 heavy (non-hydrogen) atoms. The van der Waals surface area contributed by atoms with Crippen LogP contribution in [0.25, 0.3) is 0 Å². The molecule has 0 fully saturated rings. The number of allylic oxidation sites excluding steroid dienone is 3. The third-order valence-corrected chi connectivity index (χ3v) is 5.47. The molecule has 2 unspecified atom stereocenters. The van der Waals surface area contributed by atoms with Crippen LogP contribution in [-0.2, 0) is 20.1 Å². The van der Waals surface area contributed by atoms with E-state index in [0.717, 1.165) is 11.3 Å². The lowest BCUT2D eigenvalue weighted by Crippen LogP contribution is -2.56. The van der Waals surface area contributed by atoms with Gasteiger partial charge in [0.15, 0.2) is 5.78 Å². The molecule has 0 bridgehead atoms. The molecule has 0 spiro atoms. The van der Waals surface area contributed by atoms with Gasteiger partial charge in [-0.15, -0.1) is 12.4 Å². The van der Waals surface area contributed by atoms with E-state index in [1.54, 1.807) is 30.8 Å². The van der Waals surface area contributed by atoms with E-state index in [9.17, 15) is 9.59 Å². The van der Waals surface area contributed by atoms with Crippen LogP contribution < -0.4 is 11.5 Å². The fourth-order valence-corrected chi connectivity index (χ4v) is 3.85. The van der Waals surface area contributed by atoms with Crippen LogP contribution in [0.4, 0.5) is 0 Å². The largest absolute Gasteiger partial charge is 0.465 e. The summed E-state index contributed by atoms with van der Waals surface area (Å²) in [5.74, 6) is 0.274. The molecule has 2 rings (SSSR count). The Hall–Kier alpha value is -1.60. The van der Waals surface area contributed by atoms with Crippen LogP contribution >= 0.6 is 24.2 Å². The maximum atomic E-state index is 13.3. The number of carbonyl (C=O) groups is 2. The van der Waals surface area contributed by atoms with Crippen molar-refractivity contribution in [3.05, 3.63) is 60.2 Å². The van der Waals surface area contributed by atoms with Crippen molar-refractivity contribution in [3.63, 3.8) is 0 Å². The Kier molecular flexibility index (Phi) is 9.07. The van der Waals surface area contributed by atoms with Crippen LogP contribution in [0.1, 0.15) is 18.9 Å². The predicted octanol–water partition coefficient (Wildman–Crippen LogP) is 2.63. The molecular weight excluding hydrogens is 384 g/mol. The van der Waals surface area contributed by atoms with E-state index >= 15 is 0 Å². The summed E-state index contributed by atoms with van der Waals surface area (Å²) in [5.41, 5.74) is 8.45. The van der Waals surface area contributed by atoms with Gasteiger partial charge >= 0.3 is 5.97 Å². The average molecular weight is 412 g/mol. The van der Waals surface area contributed by atoms with Crippen LogP contribution in [0, 0.1) is 5.41 Å². The molecule has 1 aromatic rings. The zero-order valence-electron chi connectivity index (χ0n) is 16.3. The summed E-state index contributed by atoms with van der Waals surface area (Å²) in [4.78, 5) is 25.5. The molecule has 0 radical (unpaired) electrons. The van der Waals surface area contributed by atoms with Crippen molar-refractivity contribution in [1.29, 1.82) is 0 Å². The lowest BCUT2D eigenvalue weighted by Gasteiger charge is -2.35.